The number of carbonyl (C=O) groups excluding carboxylic acids is 1. The normalized spacial score (nSPS) is 12.6. The third kappa shape index (κ3) is 2.72. The Morgan fingerprint density at radius 2 is 2.22 bits per heavy atom. The second kappa shape index (κ2) is 5.52. The van der Waals surface area contributed by atoms with Crippen molar-refractivity contribution in [3.8, 4) is 0 Å². The Kier molecular flexibility index (Phi) is 4.01. The van der Waals surface area contributed by atoms with Crippen LogP contribution in [-0.4, -0.2) is 26.8 Å². The molecule has 1 amide bonds. The van der Waals surface area contributed by atoms with Crippen LogP contribution in [0.15, 0.2) is 24.3 Å². The van der Waals surface area contributed by atoms with E-state index in [2.05, 4.69) is 30.8 Å². The number of alkyl halides is 1. The molecular formula is C13H16BrN3O. The minimum absolute atomic E-state index is 0.0112. The molecule has 2 rings (SSSR count). The lowest BCUT2D eigenvalue weighted by Gasteiger charge is -2.09. The van der Waals surface area contributed by atoms with E-state index in [1.165, 1.54) is 0 Å². The summed E-state index contributed by atoms with van der Waals surface area (Å²) in [6.07, 6.45) is 0. The van der Waals surface area contributed by atoms with E-state index in [4.69, 9.17) is 0 Å². The summed E-state index contributed by atoms with van der Waals surface area (Å²) in [6, 6.07) is 8.02. The van der Waals surface area contributed by atoms with Gasteiger partial charge in [0.15, 0.2) is 0 Å². The van der Waals surface area contributed by atoms with E-state index in [-0.39, 0.29) is 10.7 Å². The lowest BCUT2D eigenvalue weighted by Crippen LogP contribution is -2.32. The molecule has 0 aliphatic rings. The summed E-state index contributed by atoms with van der Waals surface area (Å²) in [6.45, 7) is 5.13. The van der Waals surface area contributed by atoms with E-state index < -0.39 is 0 Å². The number of halogens is 1. The van der Waals surface area contributed by atoms with Gasteiger partial charge in [0.1, 0.15) is 5.82 Å². The number of hydrogen-bond acceptors (Lipinski definition) is 2. The average Bonchev–Trinajstić information content (AvgIpc) is 2.65. The van der Waals surface area contributed by atoms with Crippen molar-refractivity contribution in [2.75, 3.05) is 6.54 Å². The Bertz CT molecular complexity index is 562. The molecule has 1 aromatic carbocycles. The summed E-state index contributed by atoms with van der Waals surface area (Å²) >= 11 is 3.24. The Hall–Kier alpha value is -1.36. The Labute approximate surface area is 115 Å². The van der Waals surface area contributed by atoms with E-state index in [9.17, 15) is 4.79 Å². The van der Waals surface area contributed by atoms with E-state index >= 15 is 0 Å². The molecule has 0 aliphatic heterocycles. The lowest BCUT2D eigenvalue weighted by atomic mass is 10.3. The smallest absolute Gasteiger partial charge is 0.233 e. The quantitative estimate of drug-likeness (QED) is 0.881. The van der Waals surface area contributed by atoms with Gasteiger partial charge in [-0.2, -0.15) is 0 Å². The van der Waals surface area contributed by atoms with Crippen molar-refractivity contribution in [3.63, 3.8) is 0 Å². The second-order valence-corrected chi connectivity index (χ2v) is 5.58. The number of aryl methyl sites for hydroxylation is 1. The number of nitrogens with one attached hydrogen (secondary N) is 1. The molecule has 4 nitrogen and oxygen atoms in total. The zero-order valence-electron chi connectivity index (χ0n) is 10.5. The van der Waals surface area contributed by atoms with Crippen LogP contribution in [0.1, 0.15) is 12.7 Å². The van der Waals surface area contributed by atoms with Crippen molar-refractivity contribution in [2.24, 2.45) is 0 Å². The van der Waals surface area contributed by atoms with Crippen LogP contribution in [0, 0.1) is 6.92 Å². The fourth-order valence-corrected chi connectivity index (χ4v) is 2.07. The maximum absolute atomic E-state index is 11.4. The zero-order valence-corrected chi connectivity index (χ0v) is 12.1. The molecule has 0 fully saturated rings. The van der Waals surface area contributed by atoms with Gasteiger partial charge in [-0.15, -0.1) is 0 Å². The number of benzene rings is 1. The monoisotopic (exact) mass is 309 g/mol. The van der Waals surface area contributed by atoms with Gasteiger partial charge in [-0.3, -0.25) is 4.79 Å². The van der Waals surface area contributed by atoms with Crippen LogP contribution < -0.4 is 5.32 Å². The summed E-state index contributed by atoms with van der Waals surface area (Å²) in [5.74, 6) is 0.981. The van der Waals surface area contributed by atoms with Gasteiger partial charge in [0.2, 0.25) is 5.91 Å². The van der Waals surface area contributed by atoms with Gasteiger partial charge in [0.25, 0.3) is 0 Å². The van der Waals surface area contributed by atoms with Gasteiger partial charge in [0.05, 0.1) is 15.9 Å². The third-order valence-corrected chi connectivity index (χ3v) is 3.26. The molecule has 1 unspecified atom stereocenters. The summed E-state index contributed by atoms with van der Waals surface area (Å²) in [5.41, 5.74) is 2.10. The molecule has 0 radical (unpaired) electrons. The molecule has 18 heavy (non-hydrogen) atoms. The number of fused-ring (bicyclic) bond motifs is 1. The molecule has 0 aliphatic carbocycles. The third-order valence-electron chi connectivity index (χ3n) is 2.84. The Morgan fingerprint density at radius 3 is 2.94 bits per heavy atom. The van der Waals surface area contributed by atoms with Crippen LogP contribution >= 0.6 is 15.9 Å². The molecule has 1 atom stereocenters. The number of hydrogen-bond donors (Lipinski definition) is 1. The van der Waals surface area contributed by atoms with Crippen LogP contribution in [0.2, 0.25) is 0 Å². The molecule has 0 saturated carbocycles. The first kappa shape index (κ1) is 13.1. The highest BCUT2D eigenvalue weighted by atomic mass is 79.9. The molecule has 2 aromatic rings. The fraction of sp³-hybridized carbons (Fsp3) is 0.385. The highest BCUT2D eigenvalue weighted by molar-refractivity contribution is 9.10. The second-order valence-electron chi connectivity index (χ2n) is 4.21. The summed E-state index contributed by atoms with van der Waals surface area (Å²) in [4.78, 5) is 15.8. The molecule has 0 spiro atoms. The van der Waals surface area contributed by atoms with Crippen molar-refractivity contribution < 1.29 is 4.79 Å². The molecule has 5 heteroatoms. The van der Waals surface area contributed by atoms with Crippen molar-refractivity contribution in [1.82, 2.24) is 14.9 Å². The number of para-hydroxylation sites is 2. The summed E-state index contributed by atoms with van der Waals surface area (Å²) in [5, 5.41) is 2.88. The maximum atomic E-state index is 11.4. The predicted octanol–water partition coefficient (Wildman–Crippen LogP) is 2.24. The van der Waals surface area contributed by atoms with Crippen LogP contribution in [0.5, 0.6) is 0 Å². The van der Waals surface area contributed by atoms with E-state index in [1.54, 1.807) is 0 Å². The Balaban J connectivity index is 2.08. The first-order valence-electron chi connectivity index (χ1n) is 5.93. The van der Waals surface area contributed by atoms with Gasteiger partial charge in [-0.25, -0.2) is 4.98 Å². The highest BCUT2D eigenvalue weighted by Gasteiger charge is 2.09. The standard InChI is InChI=1S/C13H16BrN3O/c1-9(14)13(18)15-7-8-17-10(2)16-11-5-3-4-6-12(11)17/h3-6,9H,7-8H2,1-2H3,(H,15,18). The van der Waals surface area contributed by atoms with Crippen molar-refractivity contribution in [3.05, 3.63) is 30.1 Å². The van der Waals surface area contributed by atoms with Gasteiger partial charge < -0.3 is 9.88 Å². The minimum Gasteiger partial charge on any atom is -0.353 e. The zero-order chi connectivity index (χ0) is 13.1. The Morgan fingerprint density at radius 1 is 1.50 bits per heavy atom. The summed E-state index contributed by atoms with van der Waals surface area (Å²) in [7, 11) is 0. The number of amides is 1. The van der Waals surface area contributed by atoms with E-state index in [1.807, 2.05) is 38.1 Å². The highest BCUT2D eigenvalue weighted by Crippen LogP contribution is 2.14. The van der Waals surface area contributed by atoms with Gasteiger partial charge in [0, 0.05) is 13.1 Å². The first-order chi connectivity index (χ1) is 8.59. The van der Waals surface area contributed by atoms with E-state index in [0.717, 1.165) is 23.4 Å². The topological polar surface area (TPSA) is 46.9 Å². The molecular weight excluding hydrogens is 294 g/mol. The number of aromatic nitrogens is 2. The molecule has 1 heterocycles. The molecule has 1 N–H and O–H groups in total. The lowest BCUT2D eigenvalue weighted by molar-refractivity contribution is -0.120. The number of carbonyl (C=O) groups is 1. The number of rotatable bonds is 4. The number of imidazole rings is 1. The largest absolute Gasteiger partial charge is 0.353 e. The number of nitrogens with zero attached hydrogens (tertiary/aromatic N) is 2. The van der Waals surface area contributed by atoms with Gasteiger partial charge >= 0.3 is 0 Å². The predicted molar refractivity (Wildman–Crippen MR) is 75.9 cm³/mol. The van der Waals surface area contributed by atoms with Crippen LogP contribution in [0.3, 0.4) is 0 Å². The van der Waals surface area contributed by atoms with Gasteiger partial charge in [-0.1, -0.05) is 28.1 Å². The molecule has 1 aromatic heterocycles. The first-order valence-corrected chi connectivity index (χ1v) is 6.85. The molecule has 0 bridgehead atoms. The van der Waals surface area contributed by atoms with Crippen LogP contribution in [-0.2, 0) is 11.3 Å². The van der Waals surface area contributed by atoms with Crippen molar-refractivity contribution >= 4 is 32.9 Å². The summed E-state index contributed by atoms with van der Waals surface area (Å²) < 4.78 is 2.12. The van der Waals surface area contributed by atoms with E-state index in [0.29, 0.717) is 6.54 Å². The molecule has 0 saturated heterocycles. The minimum atomic E-state index is -0.155. The van der Waals surface area contributed by atoms with Crippen LogP contribution in [0.25, 0.3) is 11.0 Å². The maximum Gasteiger partial charge on any atom is 0.233 e. The van der Waals surface area contributed by atoms with Crippen LogP contribution in [0.4, 0.5) is 0 Å². The van der Waals surface area contributed by atoms with Crippen molar-refractivity contribution in [2.45, 2.75) is 25.2 Å². The molecule has 96 valence electrons. The van der Waals surface area contributed by atoms with Gasteiger partial charge in [-0.05, 0) is 26.0 Å². The average molecular weight is 310 g/mol. The SMILES string of the molecule is Cc1nc2ccccc2n1CCNC(=O)C(C)Br. The van der Waals surface area contributed by atoms with Crippen molar-refractivity contribution in [1.29, 1.82) is 0 Å². The fourth-order valence-electron chi connectivity index (χ4n) is 1.91.